The highest BCUT2D eigenvalue weighted by atomic mass is 32.2. The zero-order chi connectivity index (χ0) is 18.7. The third-order valence-corrected chi connectivity index (χ3v) is 4.50. The van der Waals surface area contributed by atoms with Gasteiger partial charge in [-0.2, -0.15) is 4.98 Å². The molecule has 0 N–H and O–H groups in total. The van der Waals surface area contributed by atoms with Crippen LogP contribution in [0.2, 0.25) is 0 Å². The fraction of sp³-hybridized carbons (Fsp3) is 0.200. The van der Waals surface area contributed by atoms with Crippen LogP contribution in [0.1, 0.15) is 22.4 Å². The largest absolute Gasteiger partial charge is 0.439 e. The van der Waals surface area contributed by atoms with Crippen LogP contribution in [0.3, 0.4) is 0 Å². The van der Waals surface area contributed by atoms with E-state index < -0.39 is 11.6 Å². The topological polar surface area (TPSA) is 35.0 Å². The predicted molar refractivity (Wildman–Crippen MR) is 98.7 cm³/mol. The van der Waals surface area contributed by atoms with Gasteiger partial charge in [0.05, 0.1) is 0 Å². The van der Waals surface area contributed by atoms with Crippen molar-refractivity contribution in [1.82, 2.24) is 9.97 Å². The minimum Gasteiger partial charge on any atom is -0.439 e. The van der Waals surface area contributed by atoms with Gasteiger partial charge in [-0.15, -0.1) is 0 Å². The Balaban J connectivity index is 1.76. The highest BCUT2D eigenvalue weighted by molar-refractivity contribution is 7.98. The van der Waals surface area contributed by atoms with Crippen LogP contribution in [0.25, 0.3) is 0 Å². The molecule has 1 heterocycles. The summed E-state index contributed by atoms with van der Waals surface area (Å²) in [7, 11) is 0. The Kier molecular flexibility index (Phi) is 5.52. The molecule has 6 heteroatoms. The molecule has 0 aliphatic rings. The van der Waals surface area contributed by atoms with Gasteiger partial charge in [0.25, 0.3) is 0 Å². The fourth-order valence-electron chi connectivity index (χ4n) is 2.52. The third-order valence-electron chi connectivity index (χ3n) is 3.60. The van der Waals surface area contributed by atoms with Gasteiger partial charge in [-0.1, -0.05) is 23.9 Å². The van der Waals surface area contributed by atoms with Crippen LogP contribution in [-0.4, -0.2) is 9.97 Å². The smallest absolute Gasteiger partial charge is 0.223 e. The van der Waals surface area contributed by atoms with Crippen molar-refractivity contribution >= 4 is 11.8 Å². The molecule has 0 saturated heterocycles. The molecule has 26 heavy (non-hydrogen) atoms. The van der Waals surface area contributed by atoms with Crippen molar-refractivity contribution in [2.75, 3.05) is 0 Å². The molecular formula is C20H18F2N2OS. The summed E-state index contributed by atoms with van der Waals surface area (Å²) < 4.78 is 32.6. The van der Waals surface area contributed by atoms with Crippen molar-refractivity contribution in [1.29, 1.82) is 0 Å². The van der Waals surface area contributed by atoms with Gasteiger partial charge in [-0.05, 0) is 55.7 Å². The molecule has 0 bridgehead atoms. The second-order valence-electron chi connectivity index (χ2n) is 6.08. The summed E-state index contributed by atoms with van der Waals surface area (Å²) in [6, 6.07) is 11.2. The Hall–Kier alpha value is -2.47. The molecule has 1 aromatic heterocycles. The van der Waals surface area contributed by atoms with Gasteiger partial charge >= 0.3 is 0 Å². The van der Waals surface area contributed by atoms with Crippen LogP contribution in [0.5, 0.6) is 11.6 Å². The minimum atomic E-state index is -0.591. The molecular weight excluding hydrogens is 354 g/mol. The van der Waals surface area contributed by atoms with E-state index in [1.807, 2.05) is 32.9 Å². The summed E-state index contributed by atoms with van der Waals surface area (Å²) in [6.07, 6.45) is 0. The molecule has 134 valence electrons. The lowest BCUT2D eigenvalue weighted by Gasteiger charge is -2.09. The number of aromatic nitrogens is 2. The molecule has 3 aromatic rings. The lowest BCUT2D eigenvalue weighted by Crippen LogP contribution is -1.96. The first kappa shape index (κ1) is 18.3. The lowest BCUT2D eigenvalue weighted by molar-refractivity contribution is 0.454. The van der Waals surface area contributed by atoms with Gasteiger partial charge in [0.15, 0.2) is 5.16 Å². The third kappa shape index (κ3) is 4.79. The molecule has 2 aromatic carbocycles. The van der Waals surface area contributed by atoms with E-state index in [1.54, 1.807) is 6.07 Å². The van der Waals surface area contributed by atoms with Crippen LogP contribution in [0, 0.1) is 32.4 Å². The summed E-state index contributed by atoms with van der Waals surface area (Å²) >= 11 is 1.27. The monoisotopic (exact) mass is 372 g/mol. The molecule has 0 aliphatic heterocycles. The van der Waals surface area contributed by atoms with Crippen LogP contribution in [0.15, 0.2) is 47.6 Å². The van der Waals surface area contributed by atoms with Crippen molar-refractivity contribution in [3.63, 3.8) is 0 Å². The van der Waals surface area contributed by atoms with Crippen molar-refractivity contribution in [3.05, 3.63) is 76.5 Å². The summed E-state index contributed by atoms with van der Waals surface area (Å²) in [5.74, 6) is 0.285. The maximum atomic E-state index is 13.8. The predicted octanol–water partition coefficient (Wildman–Crippen LogP) is 5.76. The number of aryl methyl sites for hydroxylation is 3. The van der Waals surface area contributed by atoms with E-state index in [-0.39, 0.29) is 0 Å². The average Bonchev–Trinajstić information content (AvgIpc) is 2.52. The maximum absolute atomic E-state index is 13.8. The Morgan fingerprint density at radius 3 is 2.35 bits per heavy atom. The second kappa shape index (κ2) is 7.83. The second-order valence-corrected chi connectivity index (χ2v) is 7.02. The van der Waals surface area contributed by atoms with Crippen LogP contribution < -0.4 is 4.74 Å². The van der Waals surface area contributed by atoms with Crippen LogP contribution in [0.4, 0.5) is 8.78 Å². The first-order valence-corrected chi connectivity index (χ1v) is 9.06. The van der Waals surface area contributed by atoms with E-state index in [0.29, 0.717) is 28.1 Å². The highest BCUT2D eigenvalue weighted by Gasteiger charge is 2.09. The maximum Gasteiger partial charge on any atom is 0.223 e. The van der Waals surface area contributed by atoms with Gasteiger partial charge in [0, 0.05) is 23.6 Å². The number of hydrogen-bond acceptors (Lipinski definition) is 4. The van der Waals surface area contributed by atoms with E-state index in [0.717, 1.165) is 22.9 Å². The standard InChI is InChI=1S/C20H18F2N2OS/c1-12-6-13(2)8-17(7-12)25-19-9-14(3)23-20(24-19)26-11-15-4-5-16(21)10-18(15)22/h4-10H,11H2,1-3H3. The van der Waals surface area contributed by atoms with E-state index in [1.165, 1.54) is 23.9 Å². The van der Waals surface area contributed by atoms with Crippen molar-refractivity contribution in [2.24, 2.45) is 0 Å². The van der Waals surface area contributed by atoms with E-state index in [9.17, 15) is 8.78 Å². The summed E-state index contributed by atoms with van der Waals surface area (Å²) in [5, 5.41) is 0.480. The Labute approximate surface area is 155 Å². The molecule has 0 fully saturated rings. The molecule has 0 aliphatic carbocycles. The molecule has 3 nitrogen and oxygen atoms in total. The van der Waals surface area contributed by atoms with Gasteiger partial charge in [0.2, 0.25) is 5.88 Å². The molecule has 0 unspecified atom stereocenters. The number of ether oxygens (including phenoxy) is 1. The summed E-state index contributed by atoms with van der Waals surface area (Å²) in [4.78, 5) is 8.73. The number of benzene rings is 2. The minimum absolute atomic E-state index is 0.304. The Bertz CT molecular complexity index is 927. The van der Waals surface area contributed by atoms with Crippen molar-refractivity contribution in [2.45, 2.75) is 31.7 Å². The SMILES string of the molecule is Cc1cc(C)cc(Oc2cc(C)nc(SCc3ccc(F)cc3F)n2)c1. The Morgan fingerprint density at radius 2 is 1.65 bits per heavy atom. The molecule has 0 atom stereocenters. The first-order valence-electron chi connectivity index (χ1n) is 8.07. The molecule has 0 amide bonds. The fourth-order valence-corrected chi connectivity index (χ4v) is 3.41. The van der Waals surface area contributed by atoms with Crippen LogP contribution >= 0.6 is 11.8 Å². The van der Waals surface area contributed by atoms with Crippen molar-refractivity contribution < 1.29 is 13.5 Å². The number of hydrogen-bond donors (Lipinski definition) is 0. The number of nitrogens with zero attached hydrogens (tertiary/aromatic N) is 2. The summed E-state index contributed by atoms with van der Waals surface area (Å²) in [5.41, 5.74) is 3.36. The zero-order valence-electron chi connectivity index (χ0n) is 14.7. The Morgan fingerprint density at radius 1 is 0.923 bits per heavy atom. The summed E-state index contributed by atoms with van der Waals surface area (Å²) in [6.45, 7) is 5.85. The average molecular weight is 372 g/mol. The van der Waals surface area contributed by atoms with Crippen molar-refractivity contribution in [3.8, 4) is 11.6 Å². The first-order chi connectivity index (χ1) is 12.4. The van der Waals surface area contributed by atoms with E-state index in [2.05, 4.69) is 16.0 Å². The molecule has 0 radical (unpaired) electrons. The lowest BCUT2D eigenvalue weighted by atomic mass is 10.1. The molecule has 3 rings (SSSR count). The number of rotatable bonds is 5. The van der Waals surface area contributed by atoms with Gasteiger partial charge in [-0.25, -0.2) is 13.8 Å². The zero-order valence-corrected chi connectivity index (χ0v) is 15.5. The van der Waals surface area contributed by atoms with Gasteiger partial charge in [-0.3, -0.25) is 0 Å². The van der Waals surface area contributed by atoms with E-state index >= 15 is 0 Å². The molecule has 0 spiro atoms. The van der Waals surface area contributed by atoms with Gasteiger partial charge in [0.1, 0.15) is 17.4 Å². The highest BCUT2D eigenvalue weighted by Crippen LogP contribution is 2.27. The van der Waals surface area contributed by atoms with Gasteiger partial charge < -0.3 is 4.74 Å². The molecule has 0 saturated carbocycles. The quantitative estimate of drug-likeness (QED) is 0.421. The number of halogens is 2. The van der Waals surface area contributed by atoms with Crippen LogP contribution in [-0.2, 0) is 5.75 Å². The van der Waals surface area contributed by atoms with E-state index in [4.69, 9.17) is 4.74 Å². The number of thioether (sulfide) groups is 1. The normalized spacial score (nSPS) is 10.8.